The molecule has 4 nitrogen and oxygen atoms in total. The molecule has 2 heterocycles. The maximum atomic E-state index is 12.3. The Hall–Kier alpha value is -1.84. The Kier molecular flexibility index (Phi) is 4.95. The van der Waals surface area contributed by atoms with Crippen molar-refractivity contribution in [3.05, 3.63) is 30.1 Å². The Morgan fingerprint density at radius 2 is 2.07 bits per heavy atom. The molecule has 0 radical (unpaired) electrons. The molecule has 0 unspecified atom stereocenters. The van der Waals surface area contributed by atoms with Crippen molar-refractivity contribution in [1.29, 1.82) is 0 Å². The highest BCUT2D eigenvalue weighted by molar-refractivity contribution is 5.78. The minimum Gasteiger partial charge on any atom is -0.492 e. The van der Waals surface area contributed by atoms with Gasteiger partial charge in [-0.1, -0.05) is 26.8 Å². The topological polar surface area (TPSA) is 51.2 Å². The number of aromatic nitrogens is 1. The normalized spacial score (nSPS) is 40.0. The van der Waals surface area contributed by atoms with Crippen molar-refractivity contribution >= 4 is 11.5 Å². The van der Waals surface area contributed by atoms with Crippen molar-refractivity contribution in [2.45, 2.75) is 65.7 Å². The molecule has 4 heteroatoms. The molecule has 0 spiro atoms. The molecule has 1 saturated heterocycles. The van der Waals surface area contributed by atoms with Gasteiger partial charge < -0.3 is 10.1 Å². The van der Waals surface area contributed by atoms with Gasteiger partial charge in [0.05, 0.1) is 12.8 Å². The molecule has 0 bridgehead atoms. The Labute approximate surface area is 180 Å². The molecule has 1 N–H and O–H groups in total. The van der Waals surface area contributed by atoms with Crippen LogP contribution in [-0.2, 0) is 4.79 Å². The van der Waals surface area contributed by atoms with E-state index in [0.717, 1.165) is 37.7 Å². The van der Waals surface area contributed by atoms with Crippen molar-refractivity contribution < 1.29 is 9.53 Å². The number of ether oxygens (including phenoxy) is 1. The van der Waals surface area contributed by atoms with Crippen LogP contribution >= 0.6 is 0 Å². The molecule has 1 amide bonds. The molecular formula is C26H36N2O2. The average molecular weight is 409 g/mol. The number of hydrogen-bond acceptors (Lipinski definition) is 3. The summed E-state index contributed by atoms with van der Waals surface area (Å²) in [7, 11) is 0. The first kappa shape index (κ1) is 20.1. The first-order valence-corrected chi connectivity index (χ1v) is 12.0. The number of hydrogen-bond donors (Lipinski definition) is 1. The number of piperidine rings is 1. The molecule has 6 atom stereocenters. The maximum absolute atomic E-state index is 12.3. The highest BCUT2D eigenvalue weighted by Gasteiger charge is 2.59. The third-order valence-corrected chi connectivity index (χ3v) is 9.23. The van der Waals surface area contributed by atoms with E-state index in [9.17, 15) is 4.79 Å². The predicted molar refractivity (Wildman–Crippen MR) is 119 cm³/mol. The summed E-state index contributed by atoms with van der Waals surface area (Å²) in [6.07, 6.45) is 14.3. The van der Waals surface area contributed by atoms with Crippen molar-refractivity contribution in [1.82, 2.24) is 10.3 Å². The van der Waals surface area contributed by atoms with Gasteiger partial charge in [0.1, 0.15) is 5.75 Å². The number of allylic oxidation sites excluding steroid dienone is 2. The molecule has 30 heavy (non-hydrogen) atoms. The van der Waals surface area contributed by atoms with Gasteiger partial charge in [-0.2, -0.15) is 0 Å². The molecule has 1 aliphatic heterocycles. The Morgan fingerprint density at radius 1 is 1.20 bits per heavy atom. The molecule has 4 aliphatic rings. The van der Waals surface area contributed by atoms with Gasteiger partial charge in [-0.05, 0) is 90.2 Å². The van der Waals surface area contributed by atoms with Crippen LogP contribution in [0, 0.1) is 34.5 Å². The molecule has 1 aromatic heterocycles. The minimum atomic E-state index is 0.185. The van der Waals surface area contributed by atoms with E-state index in [1.165, 1.54) is 43.2 Å². The van der Waals surface area contributed by atoms with Gasteiger partial charge in [0.15, 0.2) is 0 Å². The zero-order valence-corrected chi connectivity index (χ0v) is 18.7. The first-order chi connectivity index (χ1) is 14.5. The van der Waals surface area contributed by atoms with E-state index < -0.39 is 0 Å². The van der Waals surface area contributed by atoms with Crippen LogP contribution in [0.5, 0.6) is 5.75 Å². The summed E-state index contributed by atoms with van der Waals surface area (Å²) in [4.78, 5) is 16.8. The fourth-order valence-electron chi connectivity index (χ4n) is 7.67. The third-order valence-electron chi connectivity index (χ3n) is 9.23. The monoisotopic (exact) mass is 408 g/mol. The second kappa shape index (κ2) is 7.39. The van der Waals surface area contributed by atoms with Gasteiger partial charge in [-0.25, -0.2) is 0 Å². The van der Waals surface area contributed by atoms with Crippen LogP contribution in [0.1, 0.15) is 71.3 Å². The van der Waals surface area contributed by atoms with Crippen LogP contribution in [0.4, 0.5) is 0 Å². The van der Waals surface area contributed by atoms with Crippen LogP contribution in [0.3, 0.4) is 0 Å². The van der Waals surface area contributed by atoms with E-state index in [1.54, 1.807) is 0 Å². The number of carbonyl (C=O) groups is 1. The molecule has 2 saturated carbocycles. The van der Waals surface area contributed by atoms with Gasteiger partial charge in [0.25, 0.3) is 0 Å². The summed E-state index contributed by atoms with van der Waals surface area (Å²) in [6, 6.07) is 2.19. The largest absolute Gasteiger partial charge is 0.492 e. The molecule has 3 fully saturated rings. The van der Waals surface area contributed by atoms with Crippen molar-refractivity contribution in [2.75, 3.05) is 13.2 Å². The molecule has 162 valence electrons. The van der Waals surface area contributed by atoms with E-state index in [0.29, 0.717) is 17.8 Å². The Bertz CT molecular complexity index is 864. The van der Waals surface area contributed by atoms with Crippen LogP contribution in [0.25, 0.3) is 5.57 Å². The molecule has 0 aromatic carbocycles. The third kappa shape index (κ3) is 3.01. The smallest absolute Gasteiger partial charge is 0.220 e. The summed E-state index contributed by atoms with van der Waals surface area (Å²) >= 11 is 0. The Balaban J connectivity index is 1.41. The second-order valence-electron chi connectivity index (χ2n) is 10.7. The zero-order chi connectivity index (χ0) is 20.9. The van der Waals surface area contributed by atoms with Gasteiger partial charge in [-0.15, -0.1) is 0 Å². The lowest BCUT2D eigenvalue weighted by atomic mass is 9.46. The number of amides is 1. The van der Waals surface area contributed by atoms with Gasteiger partial charge in [0.2, 0.25) is 5.91 Å². The number of rotatable bonds is 4. The first-order valence-electron chi connectivity index (χ1n) is 12.0. The quantitative estimate of drug-likeness (QED) is 0.741. The molecular weight excluding hydrogens is 372 g/mol. The summed E-state index contributed by atoms with van der Waals surface area (Å²) in [5, 5.41) is 3.14. The summed E-state index contributed by atoms with van der Waals surface area (Å²) < 4.78 is 5.87. The lowest BCUT2D eigenvalue weighted by Crippen LogP contribution is -2.57. The van der Waals surface area contributed by atoms with Crippen molar-refractivity contribution in [3.8, 4) is 5.75 Å². The predicted octanol–water partition coefficient (Wildman–Crippen LogP) is 5.24. The minimum absolute atomic E-state index is 0.185. The van der Waals surface area contributed by atoms with E-state index >= 15 is 0 Å². The summed E-state index contributed by atoms with van der Waals surface area (Å²) in [5.41, 5.74) is 3.12. The summed E-state index contributed by atoms with van der Waals surface area (Å²) in [6.45, 7) is 8.68. The fourth-order valence-corrected chi connectivity index (χ4v) is 7.67. The van der Waals surface area contributed by atoms with E-state index in [4.69, 9.17) is 4.74 Å². The second-order valence-corrected chi connectivity index (χ2v) is 10.7. The van der Waals surface area contributed by atoms with Gasteiger partial charge in [-0.3, -0.25) is 9.78 Å². The Morgan fingerprint density at radius 3 is 2.90 bits per heavy atom. The van der Waals surface area contributed by atoms with Crippen LogP contribution in [0.15, 0.2) is 24.5 Å². The zero-order valence-electron chi connectivity index (χ0n) is 18.7. The molecule has 1 aromatic rings. The van der Waals surface area contributed by atoms with Crippen molar-refractivity contribution in [2.24, 2.45) is 34.5 Å². The lowest BCUT2D eigenvalue weighted by molar-refractivity contribution is -0.139. The standard InChI is InChI=1S/C26H36N2O2/c1-4-11-30-19-12-17(14-27-16-19)21-7-8-22-20-6-5-18-15-28-24(29)13-26(18,3)23(20)9-10-25(21,22)2/h7,12,14,16,18,20,22-23H,4-6,8-11,13,15H2,1-3H3,(H,28,29)/t18-,20-,22-,23-,25+,26-/m0/s1. The van der Waals surface area contributed by atoms with E-state index in [-0.39, 0.29) is 16.7 Å². The fraction of sp³-hybridized carbons (Fsp3) is 0.692. The van der Waals surface area contributed by atoms with Crippen LogP contribution in [-0.4, -0.2) is 24.0 Å². The van der Waals surface area contributed by atoms with E-state index in [2.05, 4.69) is 43.2 Å². The van der Waals surface area contributed by atoms with Crippen molar-refractivity contribution in [3.63, 3.8) is 0 Å². The SMILES string of the molecule is CCCOc1cncc(C2=CC[C@H]3[C@@H]4CC[C@H]5CNC(=O)C[C@]5(C)[C@H]4CC[C@]23C)c1. The van der Waals surface area contributed by atoms with Crippen LogP contribution < -0.4 is 10.1 Å². The number of nitrogens with zero attached hydrogens (tertiary/aromatic N) is 1. The number of pyridine rings is 1. The maximum Gasteiger partial charge on any atom is 0.220 e. The van der Waals surface area contributed by atoms with Gasteiger partial charge >= 0.3 is 0 Å². The molecule has 5 rings (SSSR count). The highest BCUT2D eigenvalue weighted by Crippen LogP contribution is 2.66. The van der Waals surface area contributed by atoms with Gasteiger partial charge in [0, 0.05) is 19.2 Å². The van der Waals surface area contributed by atoms with E-state index in [1.807, 2.05) is 12.4 Å². The molecule has 3 aliphatic carbocycles. The number of fused-ring (bicyclic) bond motifs is 5. The average Bonchev–Trinajstić information content (AvgIpc) is 3.09. The number of carbonyl (C=O) groups excluding carboxylic acids is 1. The lowest BCUT2D eigenvalue weighted by Gasteiger charge is -2.59. The number of nitrogens with one attached hydrogen (secondary N) is 1. The highest BCUT2D eigenvalue weighted by atomic mass is 16.5. The van der Waals surface area contributed by atoms with Crippen LogP contribution in [0.2, 0.25) is 0 Å². The summed E-state index contributed by atoms with van der Waals surface area (Å²) in [5.74, 6) is 3.92.